The van der Waals surface area contributed by atoms with Crippen molar-refractivity contribution in [3.05, 3.63) is 58.9 Å². The number of hydrogen-bond donors (Lipinski definition) is 2. The Morgan fingerprint density at radius 3 is 2.50 bits per heavy atom. The third-order valence-electron chi connectivity index (χ3n) is 4.45. The van der Waals surface area contributed by atoms with Crippen LogP contribution in [0.15, 0.2) is 36.5 Å². The topological polar surface area (TPSA) is 71.5 Å². The number of carboxylic acids is 1. The lowest BCUT2D eigenvalue weighted by Crippen LogP contribution is -2.28. The fourth-order valence-corrected chi connectivity index (χ4v) is 2.74. The second kappa shape index (κ2) is 8.81. The highest BCUT2D eigenvalue weighted by atomic mass is 16.5. The number of nitrogens with one attached hydrogen (secondary N) is 1. The van der Waals surface area contributed by atoms with Crippen molar-refractivity contribution in [2.45, 2.75) is 47.3 Å². The van der Waals surface area contributed by atoms with Crippen molar-refractivity contribution in [3.8, 4) is 5.75 Å². The molecule has 0 amide bonds. The lowest BCUT2D eigenvalue weighted by atomic mass is 9.90. The Hall–Kier alpha value is -2.40. The van der Waals surface area contributed by atoms with Crippen LogP contribution in [-0.2, 0) is 17.9 Å². The van der Waals surface area contributed by atoms with Gasteiger partial charge in [0, 0.05) is 12.7 Å². The van der Waals surface area contributed by atoms with Crippen LogP contribution in [0.5, 0.6) is 5.75 Å². The number of aliphatic carboxylic acids is 1. The van der Waals surface area contributed by atoms with E-state index >= 15 is 0 Å². The molecule has 2 N–H and O–H groups in total. The Kier molecular flexibility index (Phi) is 6.75. The van der Waals surface area contributed by atoms with Crippen LogP contribution in [0.1, 0.15) is 42.7 Å². The summed E-state index contributed by atoms with van der Waals surface area (Å²) in [5.74, 6) is 0.131. The van der Waals surface area contributed by atoms with Crippen molar-refractivity contribution >= 4 is 5.97 Å². The summed E-state index contributed by atoms with van der Waals surface area (Å²) < 4.78 is 5.96. The molecule has 0 atom stereocenters. The van der Waals surface area contributed by atoms with E-state index < -0.39 is 11.4 Å². The quantitative estimate of drug-likeness (QED) is 0.668. The minimum atomic E-state index is -0.764. The van der Waals surface area contributed by atoms with Gasteiger partial charge in [-0.2, -0.15) is 0 Å². The van der Waals surface area contributed by atoms with Crippen LogP contribution in [0.4, 0.5) is 0 Å². The molecule has 0 unspecified atom stereocenters. The van der Waals surface area contributed by atoms with Crippen LogP contribution in [-0.4, -0.2) is 22.6 Å². The van der Waals surface area contributed by atoms with E-state index in [-0.39, 0.29) is 0 Å². The third kappa shape index (κ3) is 5.56. The molecule has 0 aliphatic carbocycles. The second-order valence-electron chi connectivity index (χ2n) is 7.28. The van der Waals surface area contributed by atoms with Gasteiger partial charge in [-0.3, -0.25) is 9.78 Å². The highest BCUT2D eigenvalue weighted by Gasteiger charge is 2.26. The van der Waals surface area contributed by atoms with Crippen LogP contribution in [0, 0.1) is 19.3 Å². The maximum atomic E-state index is 11.1. The zero-order valence-electron chi connectivity index (χ0n) is 16.0. The SMILES string of the molecule is Cc1cc(CNCCC(C)(C)C(=O)O)cc(C)c1OCc1ccccn1. The van der Waals surface area contributed by atoms with Crippen molar-refractivity contribution in [1.29, 1.82) is 0 Å². The van der Waals surface area contributed by atoms with Crippen LogP contribution in [0.25, 0.3) is 0 Å². The number of carboxylic acid groups (broad SMARTS) is 1. The van der Waals surface area contributed by atoms with Crippen molar-refractivity contribution in [2.75, 3.05) is 6.54 Å². The van der Waals surface area contributed by atoms with Gasteiger partial charge in [-0.25, -0.2) is 0 Å². The Bertz CT molecular complexity index is 719. The lowest BCUT2D eigenvalue weighted by molar-refractivity contribution is -0.147. The summed E-state index contributed by atoms with van der Waals surface area (Å²) in [5, 5.41) is 12.5. The molecule has 2 rings (SSSR count). The summed E-state index contributed by atoms with van der Waals surface area (Å²) in [4.78, 5) is 15.4. The minimum absolute atomic E-state index is 0.449. The van der Waals surface area contributed by atoms with E-state index in [9.17, 15) is 4.79 Å². The summed E-state index contributed by atoms with van der Waals surface area (Å²) in [6.45, 7) is 9.39. The van der Waals surface area contributed by atoms with Crippen LogP contribution >= 0.6 is 0 Å². The van der Waals surface area contributed by atoms with Gasteiger partial charge in [-0.15, -0.1) is 0 Å². The Morgan fingerprint density at radius 2 is 1.92 bits per heavy atom. The Balaban J connectivity index is 1.91. The first-order chi connectivity index (χ1) is 12.3. The molecule has 0 aliphatic heterocycles. The van der Waals surface area contributed by atoms with Crippen molar-refractivity contribution < 1.29 is 14.6 Å². The fourth-order valence-electron chi connectivity index (χ4n) is 2.74. The maximum absolute atomic E-state index is 11.1. The molecule has 26 heavy (non-hydrogen) atoms. The predicted molar refractivity (Wildman–Crippen MR) is 102 cm³/mol. The monoisotopic (exact) mass is 356 g/mol. The van der Waals surface area contributed by atoms with E-state index in [1.807, 2.05) is 32.0 Å². The van der Waals surface area contributed by atoms with E-state index in [2.05, 4.69) is 22.4 Å². The van der Waals surface area contributed by atoms with Crippen molar-refractivity contribution in [3.63, 3.8) is 0 Å². The van der Waals surface area contributed by atoms with Gasteiger partial charge in [-0.05, 0) is 69.5 Å². The number of ether oxygens (including phenoxy) is 1. The molecular formula is C21H28N2O3. The van der Waals surface area contributed by atoms with Gasteiger partial charge >= 0.3 is 5.97 Å². The summed E-state index contributed by atoms with van der Waals surface area (Å²) >= 11 is 0. The molecule has 0 radical (unpaired) electrons. The van der Waals surface area contributed by atoms with Gasteiger partial charge in [0.05, 0.1) is 11.1 Å². The number of aromatic nitrogens is 1. The van der Waals surface area contributed by atoms with Gasteiger partial charge in [0.25, 0.3) is 0 Å². The highest BCUT2D eigenvalue weighted by molar-refractivity contribution is 5.73. The molecule has 0 fully saturated rings. The van der Waals surface area contributed by atoms with Gasteiger partial charge in [0.2, 0.25) is 0 Å². The Labute approximate surface area is 155 Å². The van der Waals surface area contributed by atoms with Gasteiger partial charge in [0.15, 0.2) is 0 Å². The van der Waals surface area contributed by atoms with E-state index in [0.29, 0.717) is 26.1 Å². The first-order valence-electron chi connectivity index (χ1n) is 8.86. The summed E-state index contributed by atoms with van der Waals surface area (Å²) in [5.41, 5.74) is 3.53. The van der Waals surface area contributed by atoms with Crippen LogP contribution < -0.4 is 10.1 Å². The highest BCUT2D eigenvalue weighted by Crippen LogP contribution is 2.26. The largest absolute Gasteiger partial charge is 0.487 e. The molecular weight excluding hydrogens is 328 g/mol. The molecule has 140 valence electrons. The molecule has 1 aromatic carbocycles. The zero-order chi connectivity index (χ0) is 19.2. The third-order valence-corrected chi connectivity index (χ3v) is 4.45. The van der Waals surface area contributed by atoms with E-state index in [1.165, 1.54) is 5.56 Å². The molecule has 0 bridgehead atoms. The number of rotatable bonds is 9. The Morgan fingerprint density at radius 1 is 1.23 bits per heavy atom. The standard InChI is InChI=1S/C21H28N2O3/c1-15-11-17(13-22-10-8-21(3,4)20(24)25)12-16(2)19(15)26-14-18-7-5-6-9-23-18/h5-7,9,11-12,22H,8,10,13-14H2,1-4H3,(H,24,25). The second-order valence-corrected chi connectivity index (χ2v) is 7.28. The van der Waals surface area contributed by atoms with E-state index in [4.69, 9.17) is 9.84 Å². The van der Waals surface area contributed by atoms with Crippen molar-refractivity contribution in [1.82, 2.24) is 10.3 Å². The fraction of sp³-hybridized carbons (Fsp3) is 0.429. The molecule has 5 nitrogen and oxygen atoms in total. The normalized spacial score (nSPS) is 11.4. The summed E-state index contributed by atoms with van der Waals surface area (Å²) in [7, 11) is 0. The van der Waals surface area contributed by atoms with Crippen LogP contribution in [0.2, 0.25) is 0 Å². The van der Waals surface area contributed by atoms with E-state index in [1.54, 1.807) is 20.0 Å². The number of aryl methyl sites for hydroxylation is 2. The molecule has 2 aromatic rings. The molecule has 0 saturated heterocycles. The lowest BCUT2D eigenvalue weighted by Gasteiger charge is -2.19. The van der Waals surface area contributed by atoms with Gasteiger partial charge < -0.3 is 15.2 Å². The molecule has 5 heteroatoms. The zero-order valence-corrected chi connectivity index (χ0v) is 16.0. The summed E-state index contributed by atoms with van der Waals surface area (Å²) in [6.07, 6.45) is 2.35. The van der Waals surface area contributed by atoms with Crippen LogP contribution in [0.3, 0.4) is 0 Å². The predicted octanol–water partition coefficient (Wildman–Crippen LogP) is 3.87. The molecule has 0 aliphatic rings. The first kappa shape index (κ1) is 19.9. The van der Waals surface area contributed by atoms with Gasteiger partial charge in [0.1, 0.15) is 12.4 Å². The van der Waals surface area contributed by atoms with Crippen molar-refractivity contribution in [2.24, 2.45) is 5.41 Å². The number of hydrogen-bond acceptors (Lipinski definition) is 4. The van der Waals surface area contributed by atoms with E-state index in [0.717, 1.165) is 22.6 Å². The maximum Gasteiger partial charge on any atom is 0.309 e. The summed E-state index contributed by atoms with van der Waals surface area (Å²) in [6, 6.07) is 10.00. The molecule has 0 saturated carbocycles. The minimum Gasteiger partial charge on any atom is -0.487 e. The number of pyridine rings is 1. The molecule has 1 heterocycles. The first-order valence-corrected chi connectivity index (χ1v) is 8.86. The number of nitrogens with zero attached hydrogens (tertiary/aromatic N) is 1. The smallest absolute Gasteiger partial charge is 0.309 e. The average molecular weight is 356 g/mol. The number of carbonyl (C=O) groups is 1. The average Bonchev–Trinajstić information content (AvgIpc) is 2.59. The van der Waals surface area contributed by atoms with Gasteiger partial charge in [-0.1, -0.05) is 18.2 Å². The molecule has 0 spiro atoms. The molecule has 1 aromatic heterocycles. The number of benzene rings is 1.